The molecule has 0 aliphatic carbocycles. The molecular weight excluding hydrogens is 508 g/mol. The molecule has 0 fully saturated rings. The van der Waals surface area contributed by atoms with Gasteiger partial charge in [-0.3, -0.25) is 30.4 Å². The lowest BCUT2D eigenvalue weighted by Gasteiger charge is -2.34. The Hall–Kier alpha value is -5.20. The van der Waals surface area contributed by atoms with Crippen LogP contribution in [0.25, 0.3) is 0 Å². The van der Waals surface area contributed by atoms with Crippen molar-refractivity contribution in [3.05, 3.63) is 98.1 Å². The van der Waals surface area contributed by atoms with Crippen molar-refractivity contribution in [3.8, 4) is 11.5 Å². The highest BCUT2D eigenvalue weighted by Gasteiger charge is 2.36. The predicted octanol–water partition coefficient (Wildman–Crippen LogP) is 3.29. The van der Waals surface area contributed by atoms with Crippen molar-refractivity contribution in [2.45, 2.75) is 25.5 Å². The lowest BCUT2D eigenvalue weighted by atomic mass is 10.1. The molecule has 0 bridgehead atoms. The highest BCUT2D eigenvalue weighted by Crippen LogP contribution is 2.39. The molecule has 39 heavy (non-hydrogen) atoms. The summed E-state index contributed by atoms with van der Waals surface area (Å²) >= 11 is 0. The summed E-state index contributed by atoms with van der Waals surface area (Å²) in [6.07, 6.45) is -0.108. The van der Waals surface area contributed by atoms with Gasteiger partial charge < -0.3 is 25.4 Å². The van der Waals surface area contributed by atoms with Crippen molar-refractivity contribution in [2.24, 2.45) is 5.73 Å². The molecule has 1 heterocycles. The second-order valence-corrected chi connectivity index (χ2v) is 8.70. The van der Waals surface area contributed by atoms with Crippen LogP contribution in [0.4, 0.5) is 17.1 Å². The van der Waals surface area contributed by atoms with E-state index in [0.717, 1.165) is 5.56 Å². The Morgan fingerprint density at radius 1 is 1.08 bits per heavy atom. The summed E-state index contributed by atoms with van der Waals surface area (Å²) in [5.74, 6) is 0.274. The molecule has 1 unspecified atom stereocenters. The summed E-state index contributed by atoms with van der Waals surface area (Å²) < 4.78 is 11.7. The van der Waals surface area contributed by atoms with Crippen LogP contribution in [0, 0.1) is 25.6 Å². The maximum Gasteiger partial charge on any atom is 0.274 e. The number of nitro groups is 2. The molecule has 0 aromatic heterocycles. The number of hydrogen-bond acceptors (Lipinski definition) is 8. The van der Waals surface area contributed by atoms with Gasteiger partial charge in [-0.1, -0.05) is 30.3 Å². The van der Waals surface area contributed by atoms with Gasteiger partial charge in [0.15, 0.2) is 12.1 Å². The van der Waals surface area contributed by atoms with Crippen LogP contribution in [0.2, 0.25) is 0 Å². The molecule has 4 rings (SSSR count). The van der Waals surface area contributed by atoms with Gasteiger partial charge in [0, 0.05) is 36.7 Å². The van der Waals surface area contributed by atoms with Gasteiger partial charge in [-0.2, -0.15) is 0 Å². The number of carbonyl (C=O) groups excluding carboxylic acids is 1. The van der Waals surface area contributed by atoms with Crippen molar-refractivity contribution in [1.29, 1.82) is 5.41 Å². The average Bonchev–Trinajstić information content (AvgIpc) is 2.91. The van der Waals surface area contributed by atoms with Crippen LogP contribution >= 0.6 is 0 Å². The number of anilines is 1. The van der Waals surface area contributed by atoms with Crippen LogP contribution < -0.4 is 25.4 Å². The molecule has 1 amide bonds. The zero-order valence-corrected chi connectivity index (χ0v) is 20.7. The molecule has 4 N–H and O–H groups in total. The molecule has 1 aliphatic heterocycles. The number of guanidine groups is 1. The number of rotatable bonds is 11. The average molecular weight is 535 g/mol. The molecule has 3 aromatic rings. The number of nitrogens with zero attached hydrogens (tertiary/aromatic N) is 3. The Balaban J connectivity index is 1.48. The Labute approximate surface area is 222 Å². The predicted molar refractivity (Wildman–Crippen MR) is 142 cm³/mol. The fraction of sp³-hybridized carbons (Fsp3) is 0.231. The molecule has 3 aromatic carbocycles. The number of nitro benzene ring substituents is 2. The van der Waals surface area contributed by atoms with Crippen molar-refractivity contribution in [1.82, 2.24) is 5.32 Å². The summed E-state index contributed by atoms with van der Waals surface area (Å²) in [5, 5.41) is 32.8. The maximum atomic E-state index is 13.5. The van der Waals surface area contributed by atoms with Gasteiger partial charge in [0.2, 0.25) is 0 Å². The van der Waals surface area contributed by atoms with E-state index in [1.165, 1.54) is 41.3 Å². The molecule has 0 radical (unpaired) electrons. The molecule has 13 nitrogen and oxygen atoms in total. The largest absolute Gasteiger partial charge is 0.493 e. The van der Waals surface area contributed by atoms with Crippen LogP contribution in [0.3, 0.4) is 0 Å². The molecule has 1 atom stereocenters. The van der Waals surface area contributed by atoms with Gasteiger partial charge in [0.25, 0.3) is 17.3 Å². The van der Waals surface area contributed by atoms with Gasteiger partial charge >= 0.3 is 0 Å². The number of hydrogen-bond donors (Lipinski definition) is 3. The van der Waals surface area contributed by atoms with Crippen LogP contribution in [0.1, 0.15) is 17.5 Å². The Bertz CT molecular complexity index is 1400. The SMILES string of the molecule is N=C(N)NCCc1ccc(OCCC2Oc3ccc([N+](=O)[O-])cc3N(Cc3ccccc3[N+](=O)[O-])C2=O)cc1. The smallest absolute Gasteiger partial charge is 0.274 e. The van der Waals surface area contributed by atoms with Crippen LogP contribution in [0.5, 0.6) is 11.5 Å². The van der Waals surface area contributed by atoms with Gasteiger partial charge in [-0.25, -0.2) is 0 Å². The van der Waals surface area contributed by atoms with E-state index in [4.69, 9.17) is 20.6 Å². The summed E-state index contributed by atoms with van der Waals surface area (Å²) in [5.41, 5.74) is 6.35. The monoisotopic (exact) mass is 534 g/mol. The van der Waals surface area contributed by atoms with Gasteiger partial charge in [0.05, 0.1) is 28.7 Å². The van der Waals surface area contributed by atoms with E-state index in [-0.39, 0.29) is 53.9 Å². The van der Waals surface area contributed by atoms with Gasteiger partial charge in [-0.15, -0.1) is 0 Å². The van der Waals surface area contributed by atoms with E-state index in [1.54, 1.807) is 18.2 Å². The first-order valence-electron chi connectivity index (χ1n) is 12.0. The van der Waals surface area contributed by atoms with Crippen LogP contribution in [-0.4, -0.2) is 41.0 Å². The summed E-state index contributed by atoms with van der Waals surface area (Å²) in [6, 6.07) is 17.3. The molecule has 1 aliphatic rings. The standard InChI is InChI=1S/C26H26N6O7/c27-26(28)29-13-11-17-5-8-20(9-6-17)38-14-12-24-25(33)30(16-18-3-1-2-4-21(18)32(36)37)22-15-19(31(34)35)7-10-23(22)39-24/h1-10,15,24H,11-14,16H2,(H4,27,28,29). The van der Waals surface area contributed by atoms with Crippen molar-refractivity contribution in [2.75, 3.05) is 18.1 Å². The zero-order valence-electron chi connectivity index (χ0n) is 20.7. The van der Waals surface area contributed by atoms with Gasteiger partial charge in [-0.05, 0) is 30.2 Å². The van der Waals surface area contributed by atoms with E-state index in [2.05, 4.69) is 5.32 Å². The minimum absolute atomic E-state index is 0.0872. The summed E-state index contributed by atoms with van der Waals surface area (Å²) in [6.45, 7) is 0.512. The number of amides is 1. The molecule has 0 saturated heterocycles. The molecule has 0 saturated carbocycles. The first-order valence-corrected chi connectivity index (χ1v) is 12.0. The first-order chi connectivity index (χ1) is 18.7. The van der Waals surface area contributed by atoms with Crippen molar-refractivity contribution in [3.63, 3.8) is 0 Å². The third kappa shape index (κ3) is 6.57. The highest BCUT2D eigenvalue weighted by atomic mass is 16.6. The van der Waals surface area contributed by atoms with E-state index in [9.17, 15) is 25.0 Å². The quantitative estimate of drug-likeness (QED) is 0.144. The minimum atomic E-state index is -0.960. The van der Waals surface area contributed by atoms with E-state index >= 15 is 0 Å². The fourth-order valence-corrected chi connectivity index (χ4v) is 4.14. The first kappa shape index (κ1) is 26.9. The number of carbonyl (C=O) groups is 1. The van der Waals surface area contributed by atoms with E-state index in [0.29, 0.717) is 18.7 Å². The van der Waals surface area contributed by atoms with E-state index in [1.807, 2.05) is 12.1 Å². The third-order valence-corrected chi connectivity index (χ3v) is 6.07. The van der Waals surface area contributed by atoms with Crippen molar-refractivity contribution >= 4 is 28.9 Å². The Kier molecular flexibility index (Phi) is 8.19. The van der Waals surface area contributed by atoms with E-state index < -0.39 is 21.9 Å². The molecule has 0 spiro atoms. The lowest BCUT2D eigenvalue weighted by Crippen LogP contribution is -2.46. The minimum Gasteiger partial charge on any atom is -0.493 e. The molecular formula is C26H26N6O7. The molecule has 202 valence electrons. The number of nitrogens with one attached hydrogen (secondary N) is 2. The van der Waals surface area contributed by atoms with Crippen LogP contribution in [-0.2, 0) is 17.8 Å². The Morgan fingerprint density at radius 2 is 1.82 bits per heavy atom. The second-order valence-electron chi connectivity index (χ2n) is 8.70. The molecule has 13 heteroatoms. The third-order valence-electron chi connectivity index (χ3n) is 6.07. The van der Waals surface area contributed by atoms with Gasteiger partial charge in [0.1, 0.15) is 11.5 Å². The lowest BCUT2D eigenvalue weighted by molar-refractivity contribution is -0.385. The fourth-order valence-electron chi connectivity index (χ4n) is 4.14. The Morgan fingerprint density at radius 3 is 2.51 bits per heavy atom. The number of fused-ring (bicyclic) bond motifs is 1. The number of benzene rings is 3. The number of ether oxygens (including phenoxy) is 2. The van der Waals surface area contributed by atoms with Crippen molar-refractivity contribution < 1.29 is 24.1 Å². The summed E-state index contributed by atoms with van der Waals surface area (Å²) in [7, 11) is 0. The highest BCUT2D eigenvalue weighted by molar-refractivity contribution is 6.00. The zero-order chi connectivity index (χ0) is 27.9. The second kappa shape index (κ2) is 11.9. The number of para-hydroxylation sites is 1. The number of nitrogens with two attached hydrogens (primary N) is 1. The van der Waals surface area contributed by atoms with Crippen LogP contribution in [0.15, 0.2) is 66.7 Å². The topological polar surface area (TPSA) is 187 Å². The summed E-state index contributed by atoms with van der Waals surface area (Å²) in [4.78, 5) is 36.5. The number of non-ortho nitro benzene ring substituents is 1. The normalized spacial score (nSPS) is 14.2. The maximum absolute atomic E-state index is 13.5.